The topological polar surface area (TPSA) is 0 Å². The average Bonchev–Trinajstić information content (AvgIpc) is 2.53. The van der Waals surface area contributed by atoms with Crippen LogP contribution in [0.25, 0.3) is 0 Å². The highest BCUT2D eigenvalue weighted by Gasteiger charge is 2.46. The summed E-state index contributed by atoms with van der Waals surface area (Å²) >= 11 is 0. The van der Waals surface area contributed by atoms with Gasteiger partial charge in [-0.2, -0.15) is 0 Å². The van der Waals surface area contributed by atoms with Gasteiger partial charge in [0.2, 0.25) is 0 Å². The summed E-state index contributed by atoms with van der Waals surface area (Å²) in [5.41, 5.74) is 5.29. The van der Waals surface area contributed by atoms with Crippen LogP contribution < -0.4 is 0 Å². The minimum Gasteiger partial charge on any atom is -0.0696 e. The van der Waals surface area contributed by atoms with Crippen molar-refractivity contribution >= 4 is 0 Å². The molecule has 0 amide bonds. The Morgan fingerprint density at radius 2 is 1.75 bits per heavy atom. The van der Waals surface area contributed by atoms with Crippen LogP contribution >= 0.6 is 0 Å². The molecule has 0 heterocycles. The Morgan fingerprint density at radius 1 is 1.08 bits per heavy atom. The van der Waals surface area contributed by atoms with Gasteiger partial charge in [-0.3, -0.25) is 0 Å². The van der Waals surface area contributed by atoms with Crippen LogP contribution in [0.15, 0.2) is 22.8 Å². The van der Waals surface area contributed by atoms with Gasteiger partial charge in [0.15, 0.2) is 0 Å². The lowest BCUT2D eigenvalue weighted by Gasteiger charge is -2.52. The van der Waals surface area contributed by atoms with E-state index in [4.69, 9.17) is 0 Å². The molecule has 138 valence electrons. The second-order valence-electron chi connectivity index (χ2n) is 9.56. The van der Waals surface area contributed by atoms with E-state index in [0.29, 0.717) is 11.3 Å². The molecule has 2 aliphatic carbocycles. The monoisotopic (exact) mass is 330 g/mol. The lowest BCUT2D eigenvalue weighted by molar-refractivity contribution is -0.0163. The van der Waals surface area contributed by atoms with Crippen molar-refractivity contribution in [2.24, 2.45) is 35.0 Å². The van der Waals surface area contributed by atoms with Crippen molar-refractivity contribution in [2.75, 3.05) is 0 Å². The molecule has 24 heavy (non-hydrogen) atoms. The Kier molecular flexibility index (Phi) is 6.43. The van der Waals surface area contributed by atoms with Crippen molar-refractivity contribution in [2.45, 2.75) is 93.9 Å². The molecule has 0 saturated heterocycles. The first-order chi connectivity index (χ1) is 11.2. The van der Waals surface area contributed by atoms with Gasteiger partial charge in [-0.25, -0.2) is 0 Å². The van der Waals surface area contributed by atoms with Gasteiger partial charge in [-0.15, -0.1) is 0 Å². The number of allylic oxidation sites excluding steroid dienone is 4. The van der Waals surface area contributed by atoms with Crippen LogP contribution in [-0.4, -0.2) is 0 Å². The summed E-state index contributed by atoms with van der Waals surface area (Å²) in [6.45, 7) is 19.6. The molecule has 1 fully saturated rings. The summed E-state index contributed by atoms with van der Waals surface area (Å²) in [5, 5.41) is 0. The fourth-order valence-corrected chi connectivity index (χ4v) is 5.83. The van der Waals surface area contributed by atoms with Crippen molar-refractivity contribution in [3.63, 3.8) is 0 Å². The minimum absolute atomic E-state index is 0.505. The third kappa shape index (κ3) is 3.68. The van der Waals surface area contributed by atoms with E-state index in [9.17, 15) is 0 Å². The molecule has 0 aromatic rings. The van der Waals surface area contributed by atoms with Crippen molar-refractivity contribution in [1.82, 2.24) is 0 Å². The highest BCUT2D eigenvalue weighted by Crippen LogP contribution is 2.55. The third-order valence-electron chi connectivity index (χ3n) is 8.19. The molecule has 0 bridgehead atoms. The van der Waals surface area contributed by atoms with Crippen molar-refractivity contribution < 1.29 is 0 Å². The first-order valence-electron chi connectivity index (χ1n) is 10.6. The molecule has 0 heteroatoms. The minimum atomic E-state index is 0.505. The van der Waals surface area contributed by atoms with Crippen LogP contribution in [-0.2, 0) is 0 Å². The lowest BCUT2D eigenvalue weighted by atomic mass is 9.53. The molecule has 2 aliphatic rings. The zero-order chi connectivity index (χ0) is 18.1. The summed E-state index contributed by atoms with van der Waals surface area (Å²) in [6.07, 6.45) is 10.9. The maximum Gasteiger partial charge on any atom is -0.0132 e. The summed E-state index contributed by atoms with van der Waals surface area (Å²) < 4.78 is 0. The van der Waals surface area contributed by atoms with Crippen LogP contribution in [0.1, 0.15) is 93.9 Å². The first-order valence-corrected chi connectivity index (χ1v) is 10.6. The van der Waals surface area contributed by atoms with Crippen molar-refractivity contribution in [3.05, 3.63) is 22.8 Å². The second kappa shape index (κ2) is 7.79. The van der Waals surface area contributed by atoms with E-state index in [1.165, 1.54) is 44.1 Å². The number of hydrogen-bond acceptors (Lipinski definition) is 0. The van der Waals surface area contributed by atoms with E-state index in [1.807, 2.05) is 0 Å². The molecule has 0 N–H and O–H groups in total. The van der Waals surface area contributed by atoms with Gasteiger partial charge in [0.1, 0.15) is 0 Å². The molecule has 6 atom stereocenters. The Morgan fingerprint density at radius 3 is 2.38 bits per heavy atom. The van der Waals surface area contributed by atoms with E-state index in [0.717, 1.165) is 23.7 Å². The molecule has 1 saturated carbocycles. The number of rotatable bonds is 5. The highest BCUT2D eigenvalue weighted by molar-refractivity contribution is 5.34. The van der Waals surface area contributed by atoms with Gasteiger partial charge >= 0.3 is 0 Å². The van der Waals surface area contributed by atoms with E-state index in [-0.39, 0.29) is 0 Å². The molecule has 0 radical (unpaired) electrons. The van der Waals surface area contributed by atoms with Gasteiger partial charge < -0.3 is 0 Å². The van der Waals surface area contributed by atoms with E-state index >= 15 is 0 Å². The summed E-state index contributed by atoms with van der Waals surface area (Å²) in [4.78, 5) is 0. The quantitative estimate of drug-likeness (QED) is 0.482. The summed E-state index contributed by atoms with van der Waals surface area (Å²) in [5.74, 6) is 4.13. The van der Waals surface area contributed by atoms with E-state index < -0.39 is 0 Å². The molecular weight excluding hydrogens is 288 g/mol. The fraction of sp³-hybridized carbons (Fsp3) is 0.833. The molecule has 2 rings (SSSR count). The maximum atomic E-state index is 2.65. The smallest absolute Gasteiger partial charge is 0.0132 e. The molecule has 0 aromatic heterocycles. The Bertz CT molecular complexity index is 494. The predicted octanol–water partition coefficient (Wildman–Crippen LogP) is 7.80. The predicted molar refractivity (Wildman–Crippen MR) is 108 cm³/mol. The SMILES string of the molecule is CCCCC1C(C)CCC(C)[C@@]1(C)CC1C(C)=C(C)C=C(C)C1C. The largest absolute Gasteiger partial charge is 0.0696 e. The maximum absolute atomic E-state index is 2.65. The molecule has 0 spiro atoms. The Balaban J connectivity index is 2.30. The van der Waals surface area contributed by atoms with Crippen LogP contribution in [0.2, 0.25) is 0 Å². The zero-order valence-corrected chi connectivity index (χ0v) is 17.7. The van der Waals surface area contributed by atoms with Gasteiger partial charge in [-0.05, 0) is 75.0 Å². The number of hydrogen-bond donors (Lipinski definition) is 0. The molecule has 5 unspecified atom stereocenters. The van der Waals surface area contributed by atoms with E-state index in [2.05, 4.69) is 61.5 Å². The van der Waals surface area contributed by atoms with Gasteiger partial charge in [0.05, 0.1) is 0 Å². The van der Waals surface area contributed by atoms with Crippen molar-refractivity contribution in [1.29, 1.82) is 0 Å². The first kappa shape index (κ1) is 19.8. The highest BCUT2D eigenvalue weighted by atomic mass is 14.5. The van der Waals surface area contributed by atoms with Gasteiger partial charge in [0, 0.05) is 0 Å². The van der Waals surface area contributed by atoms with Crippen LogP contribution in [0.3, 0.4) is 0 Å². The van der Waals surface area contributed by atoms with Crippen LogP contribution in [0, 0.1) is 35.0 Å². The van der Waals surface area contributed by atoms with E-state index in [1.54, 1.807) is 11.1 Å². The average molecular weight is 331 g/mol. The van der Waals surface area contributed by atoms with Gasteiger partial charge in [0.25, 0.3) is 0 Å². The molecule has 0 aliphatic heterocycles. The van der Waals surface area contributed by atoms with Crippen LogP contribution in [0.4, 0.5) is 0 Å². The molecular formula is C24H42. The standard InChI is InChI=1S/C24H42/c1-9-10-11-23-16(2)12-13-19(5)24(23,8)15-22-20(6)17(3)14-18(4)21(22)7/h14,16,19-20,22-23H,9-13,15H2,1-8H3/t16?,19?,20?,22?,23?,24-/m1/s1. The lowest BCUT2D eigenvalue weighted by Crippen LogP contribution is -2.44. The Labute approximate surface area is 152 Å². The van der Waals surface area contributed by atoms with Gasteiger partial charge in [-0.1, -0.05) is 76.7 Å². The number of unbranched alkanes of at least 4 members (excludes halogenated alkanes) is 1. The second-order valence-corrected chi connectivity index (χ2v) is 9.56. The normalized spacial score (nSPS) is 40.7. The van der Waals surface area contributed by atoms with Crippen LogP contribution in [0.5, 0.6) is 0 Å². The summed E-state index contributed by atoms with van der Waals surface area (Å²) in [6, 6.07) is 0. The van der Waals surface area contributed by atoms with Crippen molar-refractivity contribution in [3.8, 4) is 0 Å². The Hall–Kier alpha value is -0.520. The molecule has 0 aromatic carbocycles. The summed E-state index contributed by atoms with van der Waals surface area (Å²) in [7, 11) is 0. The molecule has 0 nitrogen and oxygen atoms in total. The fourth-order valence-electron chi connectivity index (χ4n) is 5.83. The zero-order valence-electron chi connectivity index (χ0n) is 17.7. The third-order valence-corrected chi connectivity index (χ3v) is 8.19.